The van der Waals surface area contributed by atoms with Crippen LogP contribution in [0.5, 0.6) is 5.88 Å². The highest BCUT2D eigenvalue weighted by Crippen LogP contribution is 2.37. The smallest absolute Gasteiger partial charge is 0.212 e. The Balaban J connectivity index is 1.81. The maximum Gasteiger partial charge on any atom is 0.212 e. The van der Waals surface area contributed by atoms with E-state index in [2.05, 4.69) is 16.1 Å². The minimum atomic E-state index is -1.07. The summed E-state index contributed by atoms with van der Waals surface area (Å²) in [6.45, 7) is 3.44. The Bertz CT molecular complexity index is 1140. The maximum absolute atomic E-state index is 10.5. The highest BCUT2D eigenvalue weighted by atomic mass is 35.5. The van der Waals surface area contributed by atoms with E-state index in [1.54, 1.807) is 43.2 Å². The van der Waals surface area contributed by atoms with Gasteiger partial charge in [0.2, 0.25) is 5.88 Å². The summed E-state index contributed by atoms with van der Waals surface area (Å²) >= 11 is 8.06. The molecule has 3 heterocycles. The molecule has 4 rings (SSSR count). The van der Waals surface area contributed by atoms with Gasteiger partial charge in [-0.2, -0.15) is 5.10 Å². The van der Waals surface area contributed by atoms with Crippen LogP contribution >= 0.6 is 22.9 Å². The van der Waals surface area contributed by atoms with Gasteiger partial charge in [-0.15, -0.1) is 11.3 Å². The van der Waals surface area contributed by atoms with Crippen molar-refractivity contribution in [1.82, 2.24) is 14.8 Å². The molecule has 1 N–H and O–H groups in total. The van der Waals surface area contributed by atoms with E-state index in [0.717, 1.165) is 26.7 Å². The Morgan fingerprint density at radius 2 is 1.83 bits per heavy atom. The lowest BCUT2D eigenvalue weighted by atomic mass is 10.1. The van der Waals surface area contributed by atoms with Gasteiger partial charge in [0.25, 0.3) is 0 Å². The number of nitrogens with zero attached hydrogens (tertiary/aromatic N) is 3. The standard InChI is InChI=1S/C22H20ClN3O2S/c1-22(2,27)20-12-17(26(25-20)16-7-5-4-6-15(16)23)19-10-9-18(29-19)14-8-11-21(28-3)24-13-14/h4-13,27H,1-3H3. The molecule has 0 radical (unpaired) electrons. The lowest BCUT2D eigenvalue weighted by Gasteiger charge is -2.13. The zero-order valence-corrected chi connectivity index (χ0v) is 17.8. The summed E-state index contributed by atoms with van der Waals surface area (Å²) in [6, 6.07) is 17.4. The van der Waals surface area contributed by atoms with E-state index < -0.39 is 5.60 Å². The summed E-state index contributed by atoms with van der Waals surface area (Å²) in [6.07, 6.45) is 1.79. The Hall–Kier alpha value is -2.67. The third-order valence-corrected chi connectivity index (χ3v) is 5.98. The second-order valence-electron chi connectivity index (χ2n) is 7.09. The van der Waals surface area contributed by atoms with Gasteiger partial charge in [0, 0.05) is 22.7 Å². The summed E-state index contributed by atoms with van der Waals surface area (Å²) in [5.41, 5.74) is 2.15. The number of aliphatic hydroxyl groups is 1. The zero-order chi connectivity index (χ0) is 20.6. The Morgan fingerprint density at radius 3 is 2.48 bits per heavy atom. The van der Waals surface area contributed by atoms with Crippen LogP contribution in [0.15, 0.2) is 60.8 Å². The number of aromatic nitrogens is 3. The molecule has 7 heteroatoms. The van der Waals surface area contributed by atoms with Crippen molar-refractivity contribution in [3.8, 4) is 32.6 Å². The molecule has 0 unspecified atom stereocenters. The number of rotatable bonds is 5. The van der Waals surface area contributed by atoms with Crippen LogP contribution in [0.2, 0.25) is 5.02 Å². The third-order valence-electron chi connectivity index (χ3n) is 4.51. The number of methoxy groups -OCH3 is 1. The van der Waals surface area contributed by atoms with E-state index in [4.69, 9.17) is 16.3 Å². The van der Waals surface area contributed by atoms with Gasteiger partial charge in [-0.05, 0) is 50.2 Å². The Labute approximate surface area is 178 Å². The fourth-order valence-electron chi connectivity index (χ4n) is 2.94. The van der Waals surface area contributed by atoms with E-state index in [0.29, 0.717) is 16.6 Å². The third kappa shape index (κ3) is 3.92. The predicted molar refractivity (Wildman–Crippen MR) is 117 cm³/mol. The van der Waals surface area contributed by atoms with Crippen LogP contribution in [0.3, 0.4) is 0 Å². The van der Waals surface area contributed by atoms with E-state index in [1.807, 2.05) is 48.5 Å². The largest absolute Gasteiger partial charge is 0.481 e. The topological polar surface area (TPSA) is 60.2 Å². The number of hydrogen-bond acceptors (Lipinski definition) is 5. The van der Waals surface area contributed by atoms with Gasteiger partial charge in [-0.3, -0.25) is 0 Å². The van der Waals surface area contributed by atoms with Gasteiger partial charge in [0.05, 0.1) is 34.1 Å². The van der Waals surface area contributed by atoms with E-state index in [1.165, 1.54) is 0 Å². The van der Waals surface area contributed by atoms with Crippen LogP contribution in [-0.2, 0) is 5.60 Å². The van der Waals surface area contributed by atoms with Crippen LogP contribution in [0.25, 0.3) is 26.7 Å². The highest BCUT2D eigenvalue weighted by Gasteiger charge is 2.24. The minimum Gasteiger partial charge on any atom is -0.481 e. The first-order valence-electron chi connectivity index (χ1n) is 9.05. The van der Waals surface area contributed by atoms with Crippen molar-refractivity contribution < 1.29 is 9.84 Å². The van der Waals surface area contributed by atoms with Crippen LogP contribution in [-0.4, -0.2) is 27.0 Å². The summed E-state index contributed by atoms with van der Waals surface area (Å²) in [4.78, 5) is 6.37. The molecule has 5 nitrogen and oxygen atoms in total. The number of halogens is 1. The van der Waals surface area contributed by atoms with Gasteiger partial charge in [0.15, 0.2) is 0 Å². The second-order valence-corrected chi connectivity index (χ2v) is 8.58. The molecule has 0 bridgehead atoms. The summed E-state index contributed by atoms with van der Waals surface area (Å²) in [7, 11) is 1.60. The quantitative estimate of drug-likeness (QED) is 0.455. The number of pyridine rings is 1. The van der Waals surface area contributed by atoms with Crippen LogP contribution in [0.4, 0.5) is 0 Å². The summed E-state index contributed by atoms with van der Waals surface area (Å²) in [5, 5.41) is 15.7. The molecule has 0 saturated carbocycles. The molecular formula is C22H20ClN3O2S. The van der Waals surface area contributed by atoms with Crippen molar-refractivity contribution in [3.63, 3.8) is 0 Å². The molecule has 0 atom stereocenters. The fourth-order valence-corrected chi connectivity index (χ4v) is 4.15. The Morgan fingerprint density at radius 1 is 1.07 bits per heavy atom. The number of thiophene rings is 1. The van der Waals surface area contributed by atoms with E-state index in [9.17, 15) is 5.11 Å². The molecule has 0 aliphatic heterocycles. The minimum absolute atomic E-state index is 0.577. The van der Waals surface area contributed by atoms with Gasteiger partial charge < -0.3 is 9.84 Å². The molecule has 4 aromatic rings. The Kier molecular flexibility index (Phi) is 5.17. The van der Waals surface area contributed by atoms with Crippen molar-refractivity contribution in [2.75, 3.05) is 7.11 Å². The molecule has 3 aromatic heterocycles. The summed E-state index contributed by atoms with van der Waals surface area (Å²) in [5.74, 6) is 0.581. The average Bonchev–Trinajstić information content (AvgIpc) is 3.35. The molecule has 1 aromatic carbocycles. The molecule has 0 saturated heterocycles. The van der Waals surface area contributed by atoms with Crippen molar-refractivity contribution in [1.29, 1.82) is 0 Å². The first kappa shape index (κ1) is 19.6. The first-order valence-corrected chi connectivity index (χ1v) is 10.2. The predicted octanol–water partition coefficient (Wildman–Crippen LogP) is 5.55. The van der Waals surface area contributed by atoms with E-state index in [-0.39, 0.29) is 0 Å². The lowest BCUT2D eigenvalue weighted by molar-refractivity contribution is 0.0734. The van der Waals surface area contributed by atoms with Crippen LogP contribution < -0.4 is 4.74 Å². The van der Waals surface area contributed by atoms with Gasteiger partial charge in [0.1, 0.15) is 5.60 Å². The monoisotopic (exact) mass is 425 g/mol. The highest BCUT2D eigenvalue weighted by molar-refractivity contribution is 7.18. The van der Waals surface area contributed by atoms with Crippen molar-refractivity contribution in [3.05, 3.63) is 71.5 Å². The van der Waals surface area contributed by atoms with Gasteiger partial charge in [-0.1, -0.05) is 23.7 Å². The normalized spacial score (nSPS) is 11.6. The molecular weight excluding hydrogens is 406 g/mol. The number of benzene rings is 1. The molecule has 0 amide bonds. The molecule has 0 aliphatic carbocycles. The first-order chi connectivity index (χ1) is 13.9. The zero-order valence-electron chi connectivity index (χ0n) is 16.3. The molecule has 0 fully saturated rings. The van der Waals surface area contributed by atoms with E-state index >= 15 is 0 Å². The average molecular weight is 426 g/mol. The van der Waals surface area contributed by atoms with Crippen LogP contribution in [0.1, 0.15) is 19.5 Å². The molecule has 0 aliphatic rings. The van der Waals surface area contributed by atoms with Gasteiger partial charge in [-0.25, -0.2) is 9.67 Å². The molecule has 148 valence electrons. The van der Waals surface area contributed by atoms with Crippen LogP contribution in [0, 0.1) is 0 Å². The number of para-hydroxylation sites is 1. The lowest BCUT2D eigenvalue weighted by Crippen LogP contribution is -2.16. The summed E-state index contributed by atoms with van der Waals surface area (Å²) < 4.78 is 6.92. The van der Waals surface area contributed by atoms with Crippen molar-refractivity contribution >= 4 is 22.9 Å². The van der Waals surface area contributed by atoms with Crippen molar-refractivity contribution in [2.45, 2.75) is 19.4 Å². The second kappa shape index (κ2) is 7.63. The number of ether oxygens (including phenoxy) is 1. The van der Waals surface area contributed by atoms with Gasteiger partial charge >= 0.3 is 0 Å². The van der Waals surface area contributed by atoms with Crippen molar-refractivity contribution in [2.24, 2.45) is 0 Å². The molecule has 29 heavy (non-hydrogen) atoms. The fraction of sp³-hybridized carbons (Fsp3) is 0.182. The molecule has 0 spiro atoms. The number of hydrogen-bond donors (Lipinski definition) is 1. The maximum atomic E-state index is 10.5. The SMILES string of the molecule is COc1ccc(-c2ccc(-c3cc(C(C)(C)O)nn3-c3ccccc3Cl)s2)cn1.